The fourth-order valence-electron chi connectivity index (χ4n) is 2.32. The minimum absolute atomic E-state index is 0.0114. The molecule has 1 amide bonds. The van der Waals surface area contributed by atoms with Gasteiger partial charge in [0.05, 0.1) is 5.92 Å². The fraction of sp³-hybridized carbons (Fsp3) is 0.429. The van der Waals surface area contributed by atoms with Gasteiger partial charge in [0, 0.05) is 23.1 Å². The number of carbonyl (C=O) groups is 2. The van der Waals surface area contributed by atoms with Crippen molar-refractivity contribution in [2.24, 2.45) is 5.92 Å². The molecule has 0 spiro atoms. The highest BCUT2D eigenvalue weighted by Crippen LogP contribution is 2.22. The van der Waals surface area contributed by atoms with Crippen molar-refractivity contribution in [2.45, 2.75) is 19.8 Å². The van der Waals surface area contributed by atoms with E-state index >= 15 is 0 Å². The van der Waals surface area contributed by atoms with Crippen LogP contribution in [0.3, 0.4) is 0 Å². The van der Waals surface area contributed by atoms with Crippen LogP contribution in [0.25, 0.3) is 0 Å². The number of carboxylic acid groups (broad SMARTS) is 1. The first-order chi connectivity index (χ1) is 8.99. The molecule has 0 saturated carbocycles. The number of hydrogen-bond donors (Lipinski definition) is 1. The standard InChI is InChI=1S/C14H16BrNO3/c1-9-2-3-11(15)8-12(9)13(17)16-6-4-10(5-7-16)14(18)19/h2-3,8,10H,4-7H2,1H3,(H,18,19). The third-order valence-electron chi connectivity index (χ3n) is 3.56. The minimum atomic E-state index is -0.759. The fourth-order valence-corrected chi connectivity index (χ4v) is 2.69. The highest BCUT2D eigenvalue weighted by atomic mass is 79.9. The molecule has 19 heavy (non-hydrogen) atoms. The van der Waals surface area contributed by atoms with E-state index in [0.717, 1.165) is 10.0 Å². The summed E-state index contributed by atoms with van der Waals surface area (Å²) in [6, 6.07) is 5.63. The Labute approximate surface area is 120 Å². The van der Waals surface area contributed by atoms with Crippen LogP contribution in [-0.4, -0.2) is 35.0 Å². The average molecular weight is 326 g/mol. The van der Waals surface area contributed by atoms with Crippen LogP contribution in [0.1, 0.15) is 28.8 Å². The van der Waals surface area contributed by atoms with Gasteiger partial charge in [0.1, 0.15) is 0 Å². The normalized spacial score (nSPS) is 16.4. The number of aryl methyl sites for hydroxylation is 1. The van der Waals surface area contributed by atoms with Crippen molar-refractivity contribution in [1.82, 2.24) is 4.90 Å². The number of hydrogen-bond acceptors (Lipinski definition) is 2. The van der Waals surface area contributed by atoms with E-state index in [1.54, 1.807) is 4.90 Å². The third-order valence-corrected chi connectivity index (χ3v) is 4.05. The largest absolute Gasteiger partial charge is 0.481 e. The van der Waals surface area contributed by atoms with E-state index in [1.165, 1.54) is 0 Å². The molecule has 4 nitrogen and oxygen atoms in total. The molecule has 1 N–H and O–H groups in total. The van der Waals surface area contributed by atoms with Crippen LogP contribution < -0.4 is 0 Å². The molecule has 1 fully saturated rings. The van der Waals surface area contributed by atoms with E-state index in [-0.39, 0.29) is 11.8 Å². The first-order valence-corrected chi connectivity index (χ1v) is 7.06. The second kappa shape index (κ2) is 5.74. The van der Waals surface area contributed by atoms with E-state index in [0.29, 0.717) is 31.5 Å². The number of benzene rings is 1. The SMILES string of the molecule is Cc1ccc(Br)cc1C(=O)N1CCC(C(=O)O)CC1. The Hall–Kier alpha value is -1.36. The van der Waals surface area contributed by atoms with Crippen molar-refractivity contribution in [1.29, 1.82) is 0 Å². The molecule has 1 aromatic carbocycles. The maximum Gasteiger partial charge on any atom is 0.306 e. The number of nitrogens with zero attached hydrogens (tertiary/aromatic N) is 1. The second-order valence-corrected chi connectivity index (χ2v) is 5.78. The lowest BCUT2D eigenvalue weighted by Gasteiger charge is -2.30. The number of piperidine rings is 1. The molecule has 0 radical (unpaired) electrons. The quantitative estimate of drug-likeness (QED) is 0.909. The van der Waals surface area contributed by atoms with Crippen LogP contribution in [0.5, 0.6) is 0 Å². The van der Waals surface area contributed by atoms with Crippen molar-refractivity contribution in [3.8, 4) is 0 Å². The Kier molecular flexibility index (Phi) is 4.24. The van der Waals surface area contributed by atoms with Crippen LogP contribution >= 0.6 is 15.9 Å². The number of amides is 1. The number of aliphatic carboxylic acids is 1. The lowest BCUT2D eigenvalue weighted by Crippen LogP contribution is -2.40. The Balaban J connectivity index is 2.09. The molecule has 1 heterocycles. The van der Waals surface area contributed by atoms with Crippen molar-refractivity contribution < 1.29 is 14.7 Å². The van der Waals surface area contributed by atoms with Gasteiger partial charge in [-0.05, 0) is 37.5 Å². The number of likely N-dealkylation sites (tertiary alicyclic amines) is 1. The molecule has 5 heteroatoms. The second-order valence-electron chi connectivity index (χ2n) is 4.86. The Morgan fingerprint density at radius 3 is 2.53 bits per heavy atom. The lowest BCUT2D eigenvalue weighted by molar-refractivity contribution is -0.143. The van der Waals surface area contributed by atoms with Gasteiger partial charge in [-0.2, -0.15) is 0 Å². The molecule has 1 aromatic rings. The van der Waals surface area contributed by atoms with E-state index < -0.39 is 5.97 Å². The summed E-state index contributed by atoms with van der Waals surface area (Å²) in [5, 5.41) is 8.95. The summed E-state index contributed by atoms with van der Waals surface area (Å²) in [5.74, 6) is -1.08. The zero-order valence-corrected chi connectivity index (χ0v) is 12.3. The molecule has 2 rings (SSSR count). The van der Waals surface area contributed by atoms with Crippen LogP contribution in [0.2, 0.25) is 0 Å². The zero-order valence-electron chi connectivity index (χ0n) is 10.7. The highest BCUT2D eigenvalue weighted by molar-refractivity contribution is 9.10. The molecule has 0 unspecified atom stereocenters. The number of carboxylic acids is 1. The van der Waals surface area contributed by atoms with E-state index in [4.69, 9.17) is 5.11 Å². The van der Waals surface area contributed by atoms with Gasteiger partial charge in [-0.1, -0.05) is 22.0 Å². The van der Waals surface area contributed by atoms with Gasteiger partial charge in [-0.25, -0.2) is 0 Å². The maximum absolute atomic E-state index is 12.4. The van der Waals surface area contributed by atoms with Crippen LogP contribution in [0, 0.1) is 12.8 Å². The molecule has 1 saturated heterocycles. The van der Waals surface area contributed by atoms with Gasteiger partial charge in [0.15, 0.2) is 0 Å². The Morgan fingerprint density at radius 2 is 1.95 bits per heavy atom. The van der Waals surface area contributed by atoms with E-state index in [1.807, 2.05) is 25.1 Å². The Bertz CT molecular complexity index is 507. The molecule has 0 bridgehead atoms. The first kappa shape index (κ1) is 14.1. The predicted molar refractivity (Wildman–Crippen MR) is 75.1 cm³/mol. The molecule has 1 aliphatic rings. The van der Waals surface area contributed by atoms with Crippen molar-refractivity contribution in [3.05, 3.63) is 33.8 Å². The van der Waals surface area contributed by atoms with E-state index in [2.05, 4.69) is 15.9 Å². The number of halogens is 1. The molecule has 1 aliphatic heterocycles. The summed E-state index contributed by atoms with van der Waals surface area (Å²) < 4.78 is 0.877. The Morgan fingerprint density at radius 1 is 1.32 bits per heavy atom. The van der Waals surface area contributed by atoms with Crippen LogP contribution in [0.4, 0.5) is 0 Å². The van der Waals surface area contributed by atoms with Crippen molar-refractivity contribution in [2.75, 3.05) is 13.1 Å². The summed E-state index contributed by atoms with van der Waals surface area (Å²) in [6.07, 6.45) is 1.07. The summed E-state index contributed by atoms with van der Waals surface area (Å²) in [6.45, 7) is 2.94. The van der Waals surface area contributed by atoms with Crippen molar-refractivity contribution in [3.63, 3.8) is 0 Å². The number of rotatable bonds is 2. The average Bonchev–Trinajstić information content (AvgIpc) is 2.41. The summed E-state index contributed by atoms with van der Waals surface area (Å²) in [5.41, 5.74) is 1.62. The molecule has 0 atom stereocenters. The molecule has 102 valence electrons. The maximum atomic E-state index is 12.4. The summed E-state index contributed by atoms with van der Waals surface area (Å²) in [7, 11) is 0. The first-order valence-electron chi connectivity index (χ1n) is 6.27. The predicted octanol–water partition coefficient (Wildman–Crippen LogP) is 2.69. The topological polar surface area (TPSA) is 57.6 Å². The highest BCUT2D eigenvalue weighted by Gasteiger charge is 2.27. The monoisotopic (exact) mass is 325 g/mol. The van der Waals surface area contributed by atoms with Gasteiger partial charge in [-0.15, -0.1) is 0 Å². The molecule has 0 aromatic heterocycles. The van der Waals surface area contributed by atoms with Gasteiger partial charge in [0.2, 0.25) is 0 Å². The van der Waals surface area contributed by atoms with Crippen molar-refractivity contribution >= 4 is 27.8 Å². The minimum Gasteiger partial charge on any atom is -0.481 e. The molecular formula is C14H16BrNO3. The van der Waals surface area contributed by atoms with E-state index in [9.17, 15) is 9.59 Å². The van der Waals surface area contributed by atoms with Gasteiger partial charge < -0.3 is 10.0 Å². The third kappa shape index (κ3) is 3.15. The number of carbonyl (C=O) groups excluding carboxylic acids is 1. The molecule has 0 aliphatic carbocycles. The van der Waals surface area contributed by atoms with Gasteiger partial charge >= 0.3 is 5.97 Å². The summed E-state index contributed by atoms with van der Waals surface area (Å²) >= 11 is 3.37. The van der Waals surface area contributed by atoms with Crippen LogP contribution in [0.15, 0.2) is 22.7 Å². The van der Waals surface area contributed by atoms with Gasteiger partial charge in [0.25, 0.3) is 5.91 Å². The lowest BCUT2D eigenvalue weighted by atomic mass is 9.96. The zero-order chi connectivity index (χ0) is 14.0. The molecular weight excluding hydrogens is 310 g/mol. The summed E-state index contributed by atoms with van der Waals surface area (Å²) in [4.78, 5) is 25.0. The van der Waals surface area contributed by atoms with Crippen LogP contribution in [-0.2, 0) is 4.79 Å². The van der Waals surface area contributed by atoms with Gasteiger partial charge in [-0.3, -0.25) is 9.59 Å². The smallest absolute Gasteiger partial charge is 0.306 e.